The molecule has 2 fully saturated rings. The van der Waals surface area contributed by atoms with Crippen LogP contribution < -0.4 is 10.6 Å². The molecule has 0 aliphatic carbocycles. The van der Waals surface area contributed by atoms with Gasteiger partial charge in [-0.2, -0.15) is 0 Å². The van der Waals surface area contributed by atoms with Gasteiger partial charge in [0.15, 0.2) is 5.96 Å². The molecule has 0 saturated carbocycles. The molecular formula is C18H38N6O. The Morgan fingerprint density at radius 3 is 2.48 bits per heavy atom. The highest BCUT2D eigenvalue weighted by Gasteiger charge is 2.25. The van der Waals surface area contributed by atoms with Crippen LogP contribution in [0.5, 0.6) is 0 Å². The third-order valence-electron chi connectivity index (χ3n) is 5.47. The lowest BCUT2D eigenvalue weighted by molar-refractivity contribution is 0.00751. The van der Waals surface area contributed by atoms with E-state index in [-0.39, 0.29) is 0 Å². The number of piperazine rings is 1. The van der Waals surface area contributed by atoms with Gasteiger partial charge in [-0.25, -0.2) is 0 Å². The zero-order valence-electron chi connectivity index (χ0n) is 16.8. The first-order chi connectivity index (χ1) is 12.0. The fourth-order valence-electron chi connectivity index (χ4n) is 3.65. The summed E-state index contributed by atoms with van der Waals surface area (Å²) in [6, 6.07) is 1.03. The van der Waals surface area contributed by atoms with E-state index < -0.39 is 0 Å². The summed E-state index contributed by atoms with van der Waals surface area (Å²) in [4.78, 5) is 11.8. The van der Waals surface area contributed by atoms with Crippen LogP contribution in [0.3, 0.4) is 0 Å². The summed E-state index contributed by atoms with van der Waals surface area (Å²) in [7, 11) is 6.26. The van der Waals surface area contributed by atoms with Crippen molar-refractivity contribution in [2.45, 2.75) is 25.9 Å². The Kier molecular flexibility index (Phi) is 8.42. The third kappa shape index (κ3) is 6.40. The molecule has 7 heteroatoms. The predicted octanol–water partition coefficient (Wildman–Crippen LogP) is -0.246. The molecule has 2 N–H and O–H groups in total. The predicted molar refractivity (Wildman–Crippen MR) is 104 cm³/mol. The van der Waals surface area contributed by atoms with Crippen molar-refractivity contribution in [2.75, 3.05) is 80.2 Å². The van der Waals surface area contributed by atoms with E-state index in [9.17, 15) is 0 Å². The number of guanidine groups is 1. The second-order valence-electron chi connectivity index (χ2n) is 7.69. The average Bonchev–Trinajstić information content (AvgIpc) is 2.61. The van der Waals surface area contributed by atoms with Gasteiger partial charge in [-0.15, -0.1) is 0 Å². The summed E-state index contributed by atoms with van der Waals surface area (Å²) in [6.07, 6.45) is 0. The molecule has 2 aliphatic heterocycles. The number of aliphatic imine (C=N–C) groups is 1. The molecule has 0 bridgehead atoms. The van der Waals surface area contributed by atoms with E-state index >= 15 is 0 Å². The van der Waals surface area contributed by atoms with Crippen molar-refractivity contribution in [2.24, 2.45) is 10.9 Å². The standard InChI is InChI=1S/C18H38N6O/c1-15(2)17(24-8-10-25-11-9-24)13-21-18(19-3)20-12-16-14-22(4)6-7-23(16)5/h15-17H,6-14H2,1-5H3,(H2,19,20,21). The number of ether oxygens (including phenoxy) is 1. The van der Waals surface area contributed by atoms with Crippen LogP contribution >= 0.6 is 0 Å². The molecule has 7 nitrogen and oxygen atoms in total. The first-order valence-electron chi connectivity index (χ1n) is 9.66. The highest BCUT2D eigenvalue weighted by atomic mass is 16.5. The summed E-state index contributed by atoms with van der Waals surface area (Å²) in [5.41, 5.74) is 0. The van der Waals surface area contributed by atoms with E-state index in [2.05, 4.69) is 58.3 Å². The molecule has 0 amide bonds. The molecule has 0 aromatic rings. The van der Waals surface area contributed by atoms with Gasteiger partial charge in [-0.3, -0.25) is 14.8 Å². The topological polar surface area (TPSA) is 55.4 Å². The fourth-order valence-corrected chi connectivity index (χ4v) is 3.65. The van der Waals surface area contributed by atoms with Crippen molar-refractivity contribution >= 4 is 5.96 Å². The molecule has 0 aromatic heterocycles. The molecule has 2 atom stereocenters. The normalized spacial score (nSPS) is 26.0. The zero-order chi connectivity index (χ0) is 18.2. The molecule has 25 heavy (non-hydrogen) atoms. The maximum atomic E-state index is 5.49. The lowest BCUT2D eigenvalue weighted by atomic mass is 10.0. The summed E-state index contributed by atoms with van der Waals surface area (Å²) >= 11 is 0. The van der Waals surface area contributed by atoms with Gasteiger partial charge in [0.05, 0.1) is 13.2 Å². The summed E-state index contributed by atoms with van der Waals surface area (Å²) in [6.45, 7) is 13.5. The first kappa shape index (κ1) is 20.4. The Hall–Kier alpha value is -0.890. The Morgan fingerprint density at radius 1 is 1.12 bits per heavy atom. The van der Waals surface area contributed by atoms with E-state index in [1.54, 1.807) is 0 Å². The average molecular weight is 355 g/mol. The molecule has 2 heterocycles. The van der Waals surface area contributed by atoms with Gasteiger partial charge in [0.2, 0.25) is 0 Å². The molecule has 2 rings (SSSR count). The maximum Gasteiger partial charge on any atom is 0.191 e. The fraction of sp³-hybridized carbons (Fsp3) is 0.944. The Labute approximate surface area is 153 Å². The van der Waals surface area contributed by atoms with Gasteiger partial charge in [0.1, 0.15) is 0 Å². The number of rotatable bonds is 6. The van der Waals surface area contributed by atoms with E-state index in [1.165, 1.54) is 0 Å². The van der Waals surface area contributed by atoms with Gasteiger partial charge in [-0.05, 0) is 20.0 Å². The zero-order valence-corrected chi connectivity index (χ0v) is 16.8. The van der Waals surface area contributed by atoms with Crippen molar-refractivity contribution in [3.8, 4) is 0 Å². The monoisotopic (exact) mass is 354 g/mol. The van der Waals surface area contributed by atoms with Crippen LogP contribution in [0.1, 0.15) is 13.8 Å². The number of nitrogens with one attached hydrogen (secondary N) is 2. The van der Waals surface area contributed by atoms with Crippen molar-refractivity contribution in [1.29, 1.82) is 0 Å². The van der Waals surface area contributed by atoms with Crippen LogP contribution in [0.15, 0.2) is 4.99 Å². The minimum atomic E-state index is 0.505. The van der Waals surface area contributed by atoms with Crippen LogP contribution in [0.4, 0.5) is 0 Å². The lowest BCUT2D eigenvalue weighted by Crippen LogP contribution is -2.56. The summed E-state index contributed by atoms with van der Waals surface area (Å²) in [5.74, 6) is 1.50. The second-order valence-corrected chi connectivity index (χ2v) is 7.69. The molecule has 0 spiro atoms. The number of nitrogens with zero attached hydrogens (tertiary/aromatic N) is 4. The van der Waals surface area contributed by atoms with Crippen molar-refractivity contribution in [1.82, 2.24) is 25.3 Å². The third-order valence-corrected chi connectivity index (χ3v) is 5.47. The van der Waals surface area contributed by atoms with Gasteiger partial charge in [0, 0.05) is 64.9 Å². The summed E-state index contributed by atoms with van der Waals surface area (Å²) in [5, 5.41) is 7.05. The highest BCUT2D eigenvalue weighted by Crippen LogP contribution is 2.12. The van der Waals surface area contributed by atoms with Crippen LogP contribution in [-0.2, 0) is 4.74 Å². The number of hydrogen-bond acceptors (Lipinski definition) is 5. The van der Waals surface area contributed by atoms with E-state index in [0.717, 1.165) is 65.0 Å². The largest absolute Gasteiger partial charge is 0.379 e. The van der Waals surface area contributed by atoms with Crippen LogP contribution in [0, 0.1) is 5.92 Å². The Morgan fingerprint density at radius 2 is 1.84 bits per heavy atom. The number of likely N-dealkylation sites (N-methyl/N-ethyl adjacent to an activating group) is 2. The Bertz CT molecular complexity index is 410. The van der Waals surface area contributed by atoms with Crippen LogP contribution in [0.25, 0.3) is 0 Å². The van der Waals surface area contributed by atoms with Gasteiger partial charge >= 0.3 is 0 Å². The van der Waals surface area contributed by atoms with E-state index in [1.807, 2.05) is 7.05 Å². The van der Waals surface area contributed by atoms with E-state index in [4.69, 9.17) is 4.74 Å². The molecule has 2 saturated heterocycles. The number of hydrogen-bond donors (Lipinski definition) is 2. The van der Waals surface area contributed by atoms with E-state index in [0.29, 0.717) is 18.0 Å². The molecular weight excluding hydrogens is 316 g/mol. The minimum absolute atomic E-state index is 0.505. The quantitative estimate of drug-likeness (QED) is 0.507. The van der Waals surface area contributed by atoms with Crippen molar-refractivity contribution in [3.05, 3.63) is 0 Å². The smallest absolute Gasteiger partial charge is 0.191 e. The molecule has 0 radical (unpaired) electrons. The van der Waals surface area contributed by atoms with Gasteiger partial charge in [-0.1, -0.05) is 13.8 Å². The SMILES string of the molecule is CN=C(NCC1CN(C)CCN1C)NCC(C(C)C)N1CCOCC1. The first-order valence-corrected chi connectivity index (χ1v) is 9.66. The highest BCUT2D eigenvalue weighted by molar-refractivity contribution is 5.79. The van der Waals surface area contributed by atoms with Crippen LogP contribution in [0.2, 0.25) is 0 Å². The summed E-state index contributed by atoms with van der Waals surface area (Å²) < 4.78 is 5.49. The molecule has 0 aromatic carbocycles. The lowest BCUT2D eigenvalue weighted by Gasteiger charge is -2.38. The molecule has 2 aliphatic rings. The minimum Gasteiger partial charge on any atom is -0.379 e. The molecule has 2 unspecified atom stereocenters. The second kappa shape index (κ2) is 10.3. The van der Waals surface area contributed by atoms with Crippen molar-refractivity contribution in [3.63, 3.8) is 0 Å². The molecule has 146 valence electrons. The Balaban J connectivity index is 1.79. The van der Waals surface area contributed by atoms with Gasteiger partial charge < -0.3 is 20.3 Å². The maximum absolute atomic E-state index is 5.49. The van der Waals surface area contributed by atoms with Crippen LogP contribution in [-0.4, -0.2) is 113 Å². The number of morpholine rings is 1. The van der Waals surface area contributed by atoms with Crippen molar-refractivity contribution < 1.29 is 4.74 Å². The van der Waals surface area contributed by atoms with Gasteiger partial charge in [0.25, 0.3) is 0 Å².